The lowest BCUT2D eigenvalue weighted by molar-refractivity contribution is -0.122. The maximum atomic E-state index is 11.7. The van der Waals surface area contributed by atoms with Crippen molar-refractivity contribution in [2.45, 2.75) is 13.1 Å². The molecule has 0 unspecified atom stereocenters. The fourth-order valence-corrected chi connectivity index (χ4v) is 1.65. The van der Waals surface area contributed by atoms with E-state index in [-0.39, 0.29) is 19.1 Å². The number of benzene rings is 1. The van der Waals surface area contributed by atoms with Crippen LogP contribution in [0, 0.1) is 11.8 Å². The van der Waals surface area contributed by atoms with E-state index in [0.29, 0.717) is 6.54 Å². The summed E-state index contributed by atoms with van der Waals surface area (Å²) >= 11 is 0. The Morgan fingerprint density at radius 2 is 2.25 bits per heavy atom. The third-order valence-corrected chi connectivity index (χ3v) is 2.57. The van der Waals surface area contributed by atoms with Gasteiger partial charge in [-0.3, -0.25) is 4.79 Å². The highest BCUT2D eigenvalue weighted by Crippen LogP contribution is 2.06. The minimum Gasteiger partial charge on any atom is -0.384 e. The van der Waals surface area contributed by atoms with Crippen LogP contribution < -0.4 is 5.32 Å². The van der Waals surface area contributed by atoms with Gasteiger partial charge in [-0.15, -0.1) is 5.10 Å². The summed E-state index contributed by atoms with van der Waals surface area (Å²) in [5.41, 5.74) is 1.70. The molecule has 6 nitrogen and oxygen atoms in total. The van der Waals surface area contributed by atoms with Gasteiger partial charge in [0.15, 0.2) is 0 Å². The Hall–Kier alpha value is -2.65. The summed E-state index contributed by atoms with van der Waals surface area (Å²) in [4.78, 5) is 11.7. The summed E-state index contributed by atoms with van der Waals surface area (Å²) < 4.78 is 1.45. The average Bonchev–Trinajstić information content (AvgIpc) is 2.96. The number of nitrogens with one attached hydrogen (secondary N) is 1. The fraction of sp³-hybridized carbons (Fsp3) is 0.214. The van der Waals surface area contributed by atoms with Crippen LogP contribution in [-0.2, 0) is 17.9 Å². The molecule has 0 saturated heterocycles. The summed E-state index contributed by atoms with van der Waals surface area (Å²) in [6, 6.07) is 7.48. The molecule has 1 aromatic heterocycles. The van der Waals surface area contributed by atoms with E-state index in [0.717, 1.165) is 11.1 Å². The van der Waals surface area contributed by atoms with Gasteiger partial charge in [-0.2, -0.15) is 0 Å². The van der Waals surface area contributed by atoms with E-state index >= 15 is 0 Å². The van der Waals surface area contributed by atoms with Crippen molar-refractivity contribution in [1.29, 1.82) is 0 Å². The standard InChI is InChI=1S/C14H14N4O2/c19-9-3-6-12-4-1-2-5-13(12)10-15-14(20)11-18-8-7-16-17-18/h1-2,4-5,7-8,19H,9-11H2,(H,15,20). The third-order valence-electron chi connectivity index (χ3n) is 2.57. The first-order valence-electron chi connectivity index (χ1n) is 6.08. The van der Waals surface area contributed by atoms with Crippen LogP contribution in [0.15, 0.2) is 36.7 Å². The first-order valence-corrected chi connectivity index (χ1v) is 6.08. The first-order chi connectivity index (χ1) is 9.79. The van der Waals surface area contributed by atoms with E-state index in [1.54, 1.807) is 6.20 Å². The Morgan fingerprint density at radius 1 is 1.40 bits per heavy atom. The number of carbonyl (C=O) groups excluding carboxylic acids is 1. The molecule has 0 spiro atoms. The van der Waals surface area contributed by atoms with Gasteiger partial charge in [0.1, 0.15) is 13.2 Å². The van der Waals surface area contributed by atoms with Crippen molar-refractivity contribution in [2.75, 3.05) is 6.61 Å². The lowest BCUT2D eigenvalue weighted by atomic mass is 10.1. The summed E-state index contributed by atoms with van der Waals surface area (Å²) in [7, 11) is 0. The first kappa shape index (κ1) is 13.8. The highest BCUT2D eigenvalue weighted by molar-refractivity contribution is 5.75. The van der Waals surface area contributed by atoms with Crippen LogP contribution in [0.3, 0.4) is 0 Å². The maximum Gasteiger partial charge on any atom is 0.242 e. The van der Waals surface area contributed by atoms with Crippen molar-refractivity contribution in [2.24, 2.45) is 0 Å². The molecule has 20 heavy (non-hydrogen) atoms. The molecule has 1 heterocycles. The number of rotatable bonds is 4. The molecule has 0 bridgehead atoms. The molecular weight excluding hydrogens is 256 g/mol. The number of carbonyl (C=O) groups is 1. The Kier molecular flexibility index (Phi) is 4.87. The number of aliphatic hydroxyl groups is 1. The lowest BCUT2D eigenvalue weighted by Gasteiger charge is -2.07. The Bertz CT molecular complexity index is 626. The summed E-state index contributed by atoms with van der Waals surface area (Å²) in [6.07, 6.45) is 3.15. The largest absolute Gasteiger partial charge is 0.384 e. The number of aromatic nitrogens is 3. The number of hydrogen-bond acceptors (Lipinski definition) is 4. The molecular formula is C14H14N4O2. The molecule has 0 fully saturated rings. The molecule has 0 aliphatic heterocycles. The van der Waals surface area contributed by atoms with Gasteiger partial charge < -0.3 is 10.4 Å². The van der Waals surface area contributed by atoms with Gasteiger partial charge in [0.2, 0.25) is 5.91 Å². The third kappa shape index (κ3) is 3.93. The zero-order valence-electron chi connectivity index (χ0n) is 10.8. The second-order valence-corrected chi connectivity index (χ2v) is 3.99. The molecule has 0 radical (unpaired) electrons. The summed E-state index contributed by atoms with van der Waals surface area (Å²) in [5, 5.41) is 18.9. The van der Waals surface area contributed by atoms with Crippen molar-refractivity contribution in [1.82, 2.24) is 20.3 Å². The number of nitrogens with zero attached hydrogens (tertiary/aromatic N) is 3. The second kappa shape index (κ2) is 7.07. The van der Waals surface area contributed by atoms with Crippen molar-refractivity contribution < 1.29 is 9.90 Å². The smallest absolute Gasteiger partial charge is 0.242 e. The van der Waals surface area contributed by atoms with Gasteiger partial charge >= 0.3 is 0 Å². The average molecular weight is 270 g/mol. The Labute approximate surface area is 116 Å². The van der Waals surface area contributed by atoms with E-state index in [4.69, 9.17) is 5.11 Å². The van der Waals surface area contributed by atoms with E-state index in [9.17, 15) is 4.79 Å². The van der Waals surface area contributed by atoms with Crippen LogP contribution in [0.4, 0.5) is 0 Å². The molecule has 0 saturated carbocycles. The zero-order valence-corrected chi connectivity index (χ0v) is 10.8. The predicted octanol–water partition coefficient (Wildman–Crippen LogP) is -0.0617. The maximum absolute atomic E-state index is 11.7. The molecule has 6 heteroatoms. The Balaban J connectivity index is 1.95. The highest BCUT2D eigenvalue weighted by atomic mass is 16.2. The summed E-state index contributed by atoms with van der Waals surface area (Å²) in [6.45, 7) is 0.321. The highest BCUT2D eigenvalue weighted by Gasteiger charge is 2.04. The quantitative estimate of drug-likeness (QED) is 0.763. The molecule has 0 atom stereocenters. The van der Waals surface area contributed by atoms with E-state index < -0.39 is 0 Å². The van der Waals surface area contributed by atoms with Gasteiger partial charge in [0.25, 0.3) is 0 Å². The van der Waals surface area contributed by atoms with Gasteiger partial charge in [-0.25, -0.2) is 4.68 Å². The number of hydrogen-bond donors (Lipinski definition) is 2. The van der Waals surface area contributed by atoms with Crippen molar-refractivity contribution >= 4 is 5.91 Å². The van der Waals surface area contributed by atoms with Crippen LogP contribution in [0.1, 0.15) is 11.1 Å². The molecule has 102 valence electrons. The normalized spacial score (nSPS) is 9.65. The van der Waals surface area contributed by atoms with E-state index in [1.165, 1.54) is 10.9 Å². The molecule has 1 aromatic carbocycles. The SMILES string of the molecule is O=C(Cn1ccnn1)NCc1ccccc1C#CCO. The van der Waals surface area contributed by atoms with Crippen molar-refractivity contribution in [3.8, 4) is 11.8 Å². The summed E-state index contributed by atoms with van der Waals surface area (Å²) in [5.74, 6) is 5.30. The lowest BCUT2D eigenvalue weighted by Crippen LogP contribution is -2.27. The monoisotopic (exact) mass is 270 g/mol. The molecule has 0 aliphatic carbocycles. The zero-order chi connectivity index (χ0) is 14.2. The van der Waals surface area contributed by atoms with Crippen molar-refractivity contribution in [3.05, 3.63) is 47.8 Å². The van der Waals surface area contributed by atoms with Crippen molar-refractivity contribution in [3.63, 3.8) is 0 Å². The van der Waals surface area contributed by atoms with Crippen LogP contribution in [-0.4, -0.2) is 32.6 Å². The minimum absolute atomic E-state index is 0.129. The van der Waals surface area contributed by atoms with Crippen LogP contribution in [0.25, 0.3) is 0 Å². The van der Waals surface area contributed by atoms with Gasteiger partial charge in [-0.05, 0) is 11.6 Å². The second-order valence-electron chi connectivity index (χ2n) is 3.99. The van der Waals surface area contributed by atoms with Crippen LogP contribution >= 0.6 is 0 Å². The molecule has 2 N–H and O–H groups in total. The molecule has 2 rings (SSSR count). The van der Waals surface area contributed by atoms with Gasteiger partial charge in [-0.1, -0.05) is 35.3 Å². The Morgan fingerprint density at radius 3 is 3.00 bits per heavy atom. The molecule has 2 aromatic rings. The van der Waals surface area contributed by atoms with Gasteiger partial charge in [0, 0.05) is 18.3 Å². The molecule has 1 amide bonds. The molecule has 0 aliphatic rings. The van der Waals surface area contributed by atoms with E-state index in [2.05, 4.69) is 27.5 Å². The van der Waals surface area contributed by atoms with Crippen LogP contribution in [0.2, 0.25) is 0 Å². The predicted molar refractivity (Wildman–Crippen MR) is 72.3 cm³/mol. The topological polar surface area (TPSA) is 80.0 Å². The number of aliphatic hydroxyl groups excluding tert-OH is 1. The van der Waals surface area contributed by atoms with E-state index in [1.807, 2.05) is 24.3 Å². The minimum atomic E-state index is -0.188. The fourth-order valence-electron chi connectivity index (χ4n) is 1.65. The number of amides is 1. The van der Waals surface area contributed by atoms with Crippen LogP contribution in [0.5, 0.6) is 0 Å². The van der Waals surface area contributed by atoms with Gasteiger partial charge in [0.05, 0.1) is 6.20 Å².